The van der Waals surface area contributed by atoms with Crippen molar-refractivity contribution in [3.63, 3.8) is 0 Å². The van der Waals surface area contributed by atoms with E-state index in [1.54, 1.807) is 24.6 Å². The predicted octanol–water partition coefficient (Wildman–Crippen LogP) is 5.81. The van der Waals surface area contributed by atoms with Gasteiger partial charge >= 0.3 is 0 Å². The lowest BCUT2D eigenvalue weighted by Crippen LogP contribution is -2.18. The number of rotatable bonds is 6. The lowest BCUT2D eigenvalue weighted by atomic mass is 9.97. The number of benzene rings is 3. The number of thiazole rings is 1. The van der Waals surface area contributed by atoms with Gasteiger partial charge in [0.25, 0.3) is 0 Å². The Hall–Kier alpha value is -3.78. The van der Waals surface area contributed by atoms with Crippen LogP contribution in [-0.4, -0.2) is 23.9 Å². The van der Waals surface area contributed by atoms with E-state index in [0.29, 0.717) is 22.1 Å². The fraction of sp³-hybridized carbons (Fsp3) is 0.160. The smallest absolute Gasteiger partial charge is 0.233 e. The topological polar surface area (TPSA) is 80.3 Å². The molecule has 0 aliphatic heterocycles. The standard InChI is InChI=1S/C25H22FN3O3S/c1-14(16-4-5-18-11-20(32-3)8-6-17(18)10-16)24(31)29-25-28-23(13-33-25)21-9-7-19(12-22(21)26)27-15(2)30/h4-14H,1-3H3,(H,27,30)(H,28,29,31)/t14-/m0/s1. The molecule has 0 aliphatic carbocycles. The van der Waals surface area contributed by atoms with Crippen LogP contribution in [0.4, 0.5) is 15.2 Å². The zero-order chi connectivity index (χ0) is 23.5. The molecule has 1 aromatic heterocycles. The van der Waals surface area contributed by atoms with Crippen molar-refractivity contribution >= 4 is 44.7 Å². The van der Waals surface area contributed by atoms with Crippen LogP contribution in [0.3, 0.4) is 0 Å². The van der Waals surface area contributed by atoms with Gasteiger partial charge < -0.3 is 15.4 Å². The summed E-state index contributed by atoms with van der Waals surface area (Å²) in [5.74, 6) is -0.615. The number of halogens is 1. The molecule has 0 radical (unpaired) electrons. The molecule has 1 atom stereocenters. The molecule has 4 aromatic rings. The molecule has 8 heteroatoms. The minimum atomic E-state index is -0.509. The highest BCUT2D eigenvalue weighted by atomic mass is 32.1. The van der Waals surface area contributed by atoms with Crippen molar-refractivity contribution in [3.8, 4) is 17.0 Å². The van der Waals surface area contributed by atoms with Crippen LogP contribution in [0, 0.1) is 5.82 Å². The van der Waals surface area contributed by atoms with Crippen LogP contribution in [-0.2, 0) is 9.59 Å². The highest BCUT2D eigenvalue weighted by molar-refractivity contribution is 7.14. The Balaban J connectivity index is 1.48. The molecule has 0 spiro atoms. The maximum atomic E-state index is 14.5. The van der Waals surface area contributed by atoms with Gasteiger partial charge in [-0.05, 0) is 53.6 Å². The van der Waals surface area contributed by atoms with Crippen LogP contribution in [0.15, 0.2) is 60.0 Å². The van der Waals surface area contributed by atoms with E-state index in [2.05, 4.69) is 15.6 Å². The Bertz CT molecular complexity index is 1350. The van der Waals surface area contributed by atoms with E-state index in [1.165, 1.54) is 24.3 Å². The number of carbonyl (C=O) groups excluding carboxylic acids is 2. The highest BCUT2D eigenvalue weighted by Gasteiger charge is 2.18. The Morgan fingerprint density at radius 2 is 1.79 bits per heavy atom. The second kappa shape index (κ2) is 9.38. The number of aromatic nitrogens is 1. The van der Waals surface area contributed by atoms with Crippen LogP contribution in [0.25, 0.3) is 22.0 Å². The number of carbonyl (C=O) groups is 2. The first-order valence-electron chi connectivity index (χ1n) is 10.3. The summed E-state index contributed by atoms with van der Waals surface area (Å²) in [4.78, 5) is 28.3. The van der Waals surface area contributed by atoms with Gasteiger partial charge in [0.2, 0.25) is 11.8 Å². The molecule has 33 heavy (non-hydrogen) atoms. The molecular weight excluding hydrogens is 441 g/mol. The number of nitrogens with one attached hydrogen (secondary N) is 2. The summed E-state index contributed by atoms with van der Waals surface area (Å²) >= 11 is 1.22. The monoisotopic (exact) mass is 463 g/mol. The lowest BCUT2D eigenvalue weighted by Gasteiger charge is -2.12. The third kappa shape index (κ3) is 5.01. The van der Waals surface area contributed by atoms with Gasteiger partial charge in [0.15, 0.2) is 5.13 Å². The molecule has 3 aromatic carbocycles. The molecule has 4 rings (SSSR count). The van der Waals surface area contributed by atoms with Crippen LogP contribution < -0.4 is 15.4 Å². The molecule has 0 saturated carbocycles. The van der Waals surface area contributed by atoms with Gasteiger partial charge in [-0.3, -0.25) is 9.59 Å². The van der Waals surface area contributed by atoms with E-state index < -0.39 is 11.7 Å². The average Bonchev–Trinajstić information content (AvgIpc) is 3.25. The van der Waals surface area contributed by atoms with Crippen LogP contribution >= 0.6 is 11.3 Å². The molecule has 0 saturated heterocycles. The Morgan fingerprint density at radius 1 is 1.03 bits per heavy atom. The first-order chi connectivity index (χ1) is 15.8. The van der Waals surface area contributed by atoms with Gasteiger partial charge in [-0.2, -0.15) is 0 Å². The van der Waals surface area contributed by atoms with Crippen LogP contribution in [0.5, 0.6) is 5.75 Å². The molecule has 1 heterocycles. The van der Waals surface area contributed by atoms with Crippen molar-refractivity contribution in [3.05, 3.63) is 71.4 Å². The van der Waals surface area contributed by atoms with Crippen molar-refractivity contribution in [1.82, 2.24) is 4.98 Å². The SMILES string of the molecule is COc1ccc2cc([C@H](C)C(=O)Nc3nc(-c4ccc(NC(C)=O)cc4F)cs3)ccc2c1. The summed E-state index contributed by atoms with van der Waals surface area (Å²) in [5.41, 5.74) is 1.95. The number of methoxy groups -OCH3 is 1. The highest BCUT2D eigenvalue weighted by Crippen LogP contribution is 2.30. The Labute approximate surface area is 194 Å². The second-order valence-electron chi connectivity index (χ2n) is 7.60. The lowest BCUT2D eigenvalue weighted by molar-refractivity contribution is -0.117. The van der Waals surface area contributed by atoms with Crippen molar-refractivity contribution in [2.45, 2.75) is 19.8 Å². The van der Waals surface area contributed by atoms with Gasteiger partial charge in [-0.1, -0.05) is 24.3 Å². The fourth-order valence-corrected chi connectivity index (χ4v) is 4.18. The number of hydrogen-bond donors (Lipinski definition) is 2. The molecule has 0 unspecified atom stereocenters. The van der Waals surface area contributed by atoms with E-state index in [0.717, 1.165) is 22.1 Å². The van der Waals surface area contributed by atoms with E-state index in [9.17, 15) is 14.0 Å². The third-order valence-corrected chi connectivity index (χ3v) is 6.02. The number of anilines is 2. The number of ether oxygens (including phenoxy) is 1. The molecule has 6 nitrogen and oxygen atoms in total. The number of fused-ring (bicyclic) bond motifs is 1. The van der Waals surface area contributed by atoms with Crippen LogP contribution in [0.2, 0.25) is 0 Å². The minimum Gasteiger partial charge on any atom is -0.497 e. The van der Waals surface area contributed by atoms with Gasteiger partial charge in [0.05, 0.1) is 18.7 Å². The first kappa shape index (κ1) is 22.4. The third-order valence-electron chi connectivity index (χ3n) is 5.26. The quantitative estimate of drug-likeness (QED) is 0.378. The van der Waals surface area contributed by atoms with E-state index in [-0.39, 0.29) is 11.8 Å². The average molecular weight is 464 g/mol. The molecule has 0 bridgehead atoms. The summed E-state index contributed by atoms with van der Waals surface area (Å²) in [7, 11) is 1.63. The van der Waals surface area contributed by atoms with Crippen molar-refractivity contribution in [1.29, 1.82) is 0 Å². The Kier molecular flexibility index (Phi) is 6.37. The molecule has 0 fully saturated rings. The van der Waals surface area contributed by atoms with Gasteiger partial charge in [-0.15, -0.1) is 11.3 Å². The van der Waals surface area contributed by atoms with E-state index in [4.69, 9.17) is 4.74 Å². The van der Waals surface area contributed by atoms with E-state index >= 15 is 0 Å². The Morgan fingerprint density at radius 3 is 2.52 bits per heavy atom. The molecule has 2 N–H and O–H groups in total. The number of hydrogen-bond acceptors (Lipinski definition) is 5. The van der Waals surface area contributed by atoms with Gasteiger partial charge in [0.1, 0.15) is 11.6 Å². The second-order valence-corrected chi connectivity index (χ2v) is 8.46. The van der Waals surface area contributed by atoms with Gasteiger partial charge in [0, 0.05) is 23.6 Å². The fourth-order valence-electron chi connectivity index (χ4n) is 3.46. The normalized spacial score (nSPS) is 11.8. The summed E-state index contributed by atoms with van der Waals surface area (Å²) in [6.07, 6.45) is 0. The molecule has 0 aliphatic rings. The molecule has 2 amide bonds. The predicted molar refractivity (Wildman–Crippen MR) is 129 cm³/mol. The minimum absolute atomic E-state index is 0.203. The van der Waals surface area contributed by atoms with Crippen molar-refractivity contribution in [2.24, 2.45) is 0 Å². The summed E-state index contributed by atoms with van der Waals surface area (Å²) in [6.45, 7) is 3.19. The molecular formula is C25H22FN3O3S. The first-order valence-corrected chi connectivity index (χ1v) is 11.1. The zero-order valence-corrected chi connectivity index (χ0v) is 19.1. The van der Waals surface area contributed by atoms with Crippen molar-refractivity contribution in [2.75, 3.05) is 17.7 Å². The summed E-state index contributed by atoms with van der Waals surface area (Å²) in [5, 5.41) is 9.48. The zero-order valence-electron chi connectivity index (χ0n) is 18.3. The number of amides is 2. The maximum Gasteiger partial charge on any atom is 0.233 e. The van der Waals surface area contributed by atoms with Crippen LogP contribution in [0.1, 0.15) is 25.3 Å². The summed E-state index contributed by atoms with van der Waals surface area (Å²) < 4.78 is 19.8. The van der Waals surface area contributed by atoms with Crippen molar-refractivity contribution < 1.29 is 18.7 Å². The number of nitrogens with zero attached hydrogens (tertiary/aromatic N) is 1. The maximum absolute atomic E-state index is 14.5. The summed E-state index contributed by atoms with van der Waals surface area (Å²) in [6, 6.07) is 16.1. The van der Waals surface area contributed by atoms with E-state index in [1.807, 2.05) is 43.3 Å². The molecule has 168 valence electrons. The van der Waals surface area contributed by atoms with Gasteiger partial charge in [-0.25, -0.2) is 9.37 Å². The largest absolute Gasteiger partial charge is 0.497 e.